The molecule has 4 nitrogen and oxygen atoms in total. The number of carbonyl (C=O) groups is 2. The zero-order valence-corrected chi connectivity index (χ0v) is 11.1. The van der Waals surface area contributed by atoms with Gasteiger partial charge < -0.3 is 10.6 Å². The van der Waals surface area contributed by atoms with E-state index in [-0.39, 0.29) is 5.91 Å². The summed E-state index contributed by atoms with van der Waals surface area (Å²) in [5.41, 5.74) is 0.750. The van der Waals surface area contributed by atoms with E-state index in [2.05, 4.69) is 10.6 Å². The number of hydrogen-bond acceptors (Lipinski definition) is 2. The summed E-state index contributed by atoms with van der Waals surface area (Å²) in [4.78, 5) is 23.5. The van der Waals surface area contributed by atoms with Crippen LogP contribution in [0.5, 0.6) is 0 Å². The summed E-state index contributed by atoms with van der Waals surface area (Å²) in [6, 6.07) is 14.2. The maximum Gasteiger partial charge on any atom is 0.259 e. The smallest absolute Gasteiger partial charge is 0.259 e. The molecule has 0 spiro atoms. The van der Waals surface area contributed by atoms with Gasteiger partial charge in [-0.25, -0.2) is 0 Å². The minimum absolute atomic E-state index is 0.298. The van der Waals surface area contributed by atoms with Crippen LogP contribution in [0.1, 0.15) is 11.1 Å². The van der Waals surface area contributed by atoms with Gasteiger partial charge in [0.25, 0.3) is 5.91 Å². The van der Waals surface area contributed by atoms with Gasteiger partial charge in [0.1, 0.15) is 0 Å². The van der Waals surface area contributed by atoms with Crippen molar-refractivity contribution in [2.45, 2.75) is 5.54 Å². The Labute approximate surface area is 120 Å². The zero-order valence-electron chi connectivity index (χ0n) is 10.4. The molecule has 0 aromatic heterocycles. The molecule has 2 N–H and O–H groups in total. The molecule has 1 unspecified atom stereocenters. The predicted molar refractivity (Wildman–Crippen MR) is 76.5 cm³/mol. The van der Waals surface area contributed by atoms with Gasteiger partial charge in [0, 0.05) is 16.3 Å². The van der Waals surface area contributed by atoms with Gasteiger partial charge in [-0.05, 0) is 23.8 Å². The fraction of sp³-hybridized carbons (Fsp3) is 0.0667. The molecule has 1 aliphatic heterocycles. The first-order valence-electron chi connectivity index (χ1n) is 6.07. The van der Waals surface area contributed by atoms with Gasteiger partial charge in [-0.3, -0.25) is 9.59 Å². The van der Waals surface area contributed by atoms with Crippen LogP contribution in [0.25, 0.3) is 0 Å². The molecule has 0 saturated carbocycles. The van der Waals surface area contributed by atoms with Crippen LogP contribution in [-0.4, -0.2) is 12.3 Å². The standard InChI is InChI=1S/C15H11ClN2O2/c16-11-6-7-13-12(8-11)15(17-9-19,14(20)18-13)10-4-2-1-3-5-10/h1-9H,(H,17,19)(H,18,20). The van der Waals surface area contributed by atoms with Crippen LogP contribution in [0.4, 0.5) is 5.69 Å². The lowest BCUT2D eigenvalue weighted by Gasteiger charge is -2.27. The van der Waals surface area contributed by atoms with Gasteiger partial charge in [-0.15, -0.1) is 0 Å². The van der Waals surface area contributed by atoms with E-state index < -0.39 is 5.54 Å². The van der Waals surface area contributed by atoms with Gasteiger partial charge in [-0.2, -0.15) is 0 Å². The van der Waals surface area contributed by atoms with Crippen molar-refractivity contribution >= 4 is 29.6 Å². The van der Waals surface area contributed by atoms with Crippen molar-refractivity contribution < 1.29 is 9.59 Å². The second-order valence-electron chi connectivity index (χ2n) is 4.52. The molecule has 1 heterocycles. The van der Waals surface area contributed by atoms with Crippen molar-refractivity contribution in [2.24, 2.45) is 0 Å². The Kier molecular flexibility index (Phi) is 2.95. The van der Waals surface area contributed by atoms with Crippen molar-refractivity contribution in [3.8, 4) is 0 Å². The van der Waals surface area contributed by atoms with Crippen LogP contribution in [0.2, 0.25) is 5.02 Å². The molecule has 1 atom stereocenters. The number of hydrogen-bond donors (Lipinski definition) is 2. The van der Waals surface area contributed by atoms with E-state index in [1.165, 1.54) is 0 Å². The number of rotatable bonds is 3. The van der Waals surface area contributed by atoms with E-state index >= 15 is 0 Å². The molecule has 5 heteroatoms. The van der Waals surface area contributed by atoms with Gasteiger partial charge in [-0.1, -0.05) is 41.9 Å². The molecule has 1 aliphatic rings. The molecule has 2 amide bonds. The molecule has 0 aliphatic carbocycles. The van der Waals surface area contributed by atoms with Crippen molar-refractivity contribution in [1.82, 2.24) is 5.32 Å². The van der Waals surface area contributed by atoms with Crippen LogP contribution in [0, 0.1) is 0 Å². The highest BCUT2D eigenvalue weighted by Gasteiger charge is 2.48. The molecule has 3 rings (SSSR count). The van der Waals surface area contributed by atoms with E-state index in [9.17, 15) is 9.59 Å². The van der Waals surface area contributed by atoms with Crippen LogP contribution in [0.15, 0.2) is 48.5 Å². The topological polar surface area (TPSA) is 58.2 Å². The third-order valence-electron chi connectivity index (χ3n) is 3.46. The van der Waals surface area contributed by atoms with Gasteiger partial charge in [0.05, 0.1) is 0 Å². The summed E-state index contributed by atoms with van der Waals surface area (Å²) in [5.74, 6) is -0.298. The third kappa shape index (κ3) is 1.69. The Morgan fingerprint density at radius 1 is 1.15 bits per heavy atom. The molecule has 0 bridgehead atoms. The third-order valence-corrected chi connectivity index (χ3v) is 3.69. The number of benzene rings is 2. The number of halogens is 1. The Morgan fingerprint density at radius 2 is 1.90 bits per heavy atom. The normalized spacial score (nSPS) is 20.1. The second kappa shape index (κ2) is 4.65. The molecule has 2 aromatic rings. The molecule has 0 fully saturated rings. The fourth-order valence-corrected chi connectivity index (χ4v) is 2.74. The number of fused-ring (bicyclic) bond motifs is 1. The molecule has 0 saturated heterocycles. The average Bonchev–Trinajstić information content (AvgIpc) is 2.74. The molecule has 20 heavy (non-hydrogen) atoms. The van der Waals surface area contributed by atoms with E-state index in [0.29, 0.717) is 28.2 Å². The summed E-state index contributed by atoms with van der Waals surface area (Å²) >= 11 is 6.03. The second-order valence-corrected chi connectivity index (χ2v) is 4.96. The minimum atomic E-state index is -1.23. The number of anilines is 1. The van der Waals surface area contributed by atoms with Gasteiger partial charge in [0.2, 0.25) is 6.41 Å². The van der Waals surface area contributed by atoms with Gasteiger partial charge in [0.15, 0.2) is 5.54 Å². The van der Waals surface area contributed by atoms with Crippen LogP contribution < -0.4 is 10.6 Å². The number of amides is 2. The first kappa shape index (κ1) is 12.7. The fourth-order valence-electron chi connectivity index (χ4n) is 2.56. The summed E-state index contributed by atoms with van der Waals surface area (Å²) in [5, 5.41) is 5.94. The predicted octanol–water partition coefficient (Wildman–Crippen LogP) is 2.28. The Morgan fingerprint density at radius 3 is 2.60 bits per heavy atom. The maximum absolute atomic E-state index is 12.5. The highest BCUT2D eigenvalue weighted by atomic mass is 35.5. The number of carbonyl (C=O) groups excluding carboxylic acids is 2. The minimum Gasteiger partial charge on any atom is -0.337 e. The van der Waals surface area contributed by atoms with Crippen molar-refractivity contribution in [1.29, 1.82) is 0 Å². The molecule has 0 radical (unpaired) electrons. The van der Waals surface area contributed by atoms with Crippen molar-refractivity contribution in [3.63, 3.8) is 0 Å². The van der Waals surface area contributed by atoms with E-state index in [1.807, 2.05) is 18.2 Å². The van der Waals surface area contributed by atoms with Gasteiger partial charge >= 0.3 is 0 Å². The van der Waals surface area contributed by atoms with Crippen LogP contribution >= 0.6 is 11.6 Å². The van der Waals surface area contributed by atoms with E-state index in [0.717, 1.165) is 0 Å². The van der Waals surface area contributed by atoms with Crippen LogP contribution in [-0.2, 0) is 15.1 Å². The SMILES string of the molecule is O=CNC1(c2ccccc2)C(=O)Nc2ccc(Cl)cc21. The first-order chi connectivity index (χ1) is 9.68. The van der Waals surface area contributed by atoms with Crippen molar-refractivity contribution in [2.75, 3.05) is 5.32 Å². The lowest BCUT2D eigenvalue weighted by molar-refractivity contribution is -0.123. The molecule has 2 aromatic carbocycles. The van der Waals surface area contributed by atoms with Crippen molar-refractivity contribution in [3.05, 3.63) is 64.7 Å². The quantitative estimate of drug-likeness (QED) is 0.851. The number of nitrogens with one attached hydrogen (secondary N) is 2. The lowest BCUT2D eigenvalue weighted by Crippen LogP contribution is -2.48. The molecular weight excluding hydrogens is 276 g/mol. The first-order valence-corrected chi connectivity index (χ1v) is 6.44. The Hall–Kier alpha value is -2.33. The summed E-state index contributed by atoms with van der Waals surface area (Å²) in [6.07, 6.45) is 0.530. The van der Waals surface area contributed by atoms with E-state index in [1.54, 1.807) is 30.3 Å². The molecule has 100 valence electrons. The molecular formula is C15H11ClN2O2. The highest BCUT2D eigenvalue weighted by molar-refractivity contribution is 6.31. The van der Waals surface area contributed by atoms with Crippen LogP contribution in [0.3, 0.4) is 0 Å². The summed E-state index contributed by atoms with van der Waals surface area (Å²) in [7, 11) is 0. The summed E-state index contributed by atoms with van der Waals surface area (Å²) < 4.78 is 0. The Bertz CT molecular complexity index is 688. The average molecular weight is 287 g/mol. The van der Waals surface area contributed by atoms with E-state index in [4.69, 9.17) is 11.6 Å². The largest absolute Gasteiger partial charge is 0.337 e. The zero-order chi connectivity index (χ0) is 14.2. The Balaban J connectivity index is 2.29. The highest BCUT2D eigenvalue weighted by Crippen LogP contribution is 2.41. The summed E-state index contributed by atoms with van der Waals surface area (Å²) in [6.45, 7) is 0. The monoisotopic (exact) mass is 286 g/mol. The maximum atomic E-state index is 12.5. The lowest BCUT2D eigenvalue weighted by atomic mass is 9.84.